The molecule has 1 amide bonds. The lowest BCUT2D eigenvalue weighted by atomic mass is 10.1. The van der Waals surface area contributed by atoms with Gasteiger partial charge in [0.1, 0.15) is 0 Å². The first kappa shape index (κ1) is 13.9. The van der Waals surface area contributed by atoms with Crippen molar-refractivity contribution in [3.63, 3.8) is 0 Å². The van der Waals surface area contributed by atoms with Gasteiger partial charge in [-0.15, -0.1) is 11.3 Å². The zero-order valence-electron chi connectivity index (χ0n) is 9.64. The van der Waals surface area contributed by atoms with E-state index in [0.717, 1.165) is 11.3 Å². The predicted molar refractivity (Wildman–Crippen MR) is 67.5 cm³/mol. The quantitative estimate of drug-likeness (QED) is 0.769. The molecule has 0 aliphatic carbocycles. The van der Waals surface area contributed by atoms with Crippen LogP contribution in [0.1, 0.15) is 16.9 Å². The summed E-state index contributed by atoms with van der Waals surface area (Å²) in [6.07, 6.45) is 0.0679. The Morgan fingerprint density at radius 1 is 1.63 bits per heavy atom. The second-order valence-electron chi connectivity index (χ2n) is 4.22. The lowest BCUT2D eigenvalue weighted by Crippen LogP contribution is -2.27. The number of nitrogens with two attached hydrogens (primary N) is 1. The number of carboxylic acids is 1. The summed E-state index contributed by atoms with van der Waals surface area (Å²) in [5.41, 5.74) is -0.136. The Morgan fingerprint density at radius 2 is 2.32 bits per heavy atom. The van der Waals surface area contributed by atoms with Crippen LogP contribution in [-0.2, 0) is 14.8 Å². The first-order valence-corrected chi connectivity index (χ1v) is 7.85. The highest BCUT2D eigenvalue weighted by Gasteiger charge is 2.34. The Labute approximate surface area is 112 Å². The molecule has 8 nitrogen and oxygen atoms in total. The summed E-state index contributed by atoms with van der Waals surface area (Å²) in [5, 5.41) is 15.3. The molecule has 2 heterocycles. The summed E-state index contributed by atoms with van der Waals surface area (Å²) < 4.78 is 22.0. The lowest BCUT2D eigenvalue weighted by Gasteiger charge is -2.12. The Morgan fingerprint density at radius 3 is 2.84 bits per heavy atom. The molecule has 2 rings (SSSR count). The molecule has 1 aromatic heterocycles. The molecular weight excluding hydrogens is 294 g/mol. The zero-order valence-corrected chi connectivity index (χ0v) is 11.3. The number of hydrogen-bond acceptors (Lipinski definition) is 6. The average molecular weight is 305 g/mol. The maximum Gasteiger partial charge on any atom is 0.355 e. The maximum atomic E-state index is 11.8. The van der Waals surface area contributed by atoms with Crippen LogP contribution in [0.25, 0.3) is 0 Å². The van der Waals surface area contributed by atoms with Crippen molar-refractivity contribution in [2.45, 2.75) is 6.42 Å². The van der Waals surface area contributed by atoms with E-state index in [1.807, 2.05) is 0 Å². The normalized spacial score (nSPS) is 19.9. The Balaban J connectivity index is 2.13. The van der Waals surface area contributed by atoms with Crippen molar-refractivity contribution in [2.75, 3.05) is 17.2 Å². The molecule has 1 saturated heterocycles. The third-order valence-electron chi connectivity index (χ3n) is 2.62. The van der Waals surface area contributed by atoms with Gasteiger partial charge in [-0.25, -0.2) is 23.3 Å². The van der Waals surface area contributed by atoms with Crippen LogP contribution in [0, 0.1) is 5.92 Å². The molecule has 19 heavy (non-hydrogen) atoms. The zero-order chi connectivity index (χ0) is 14.2. The number of aromatic carboxylic acids is 1. The van der Waals surface area contributed by atoms with Gasteiger partial charge in [0.15, 0.2) is 10.8 Å². The van der Waals surface area contributed by atoms with Gasteiger partial charge in [0.2, 0.25) is 15.9 Å². The van der Waals surface area contributed by atoms with E-state index in [2.05, 4.69) is 4.98 Å². The van der Waals surface area contributed by atoms with Crippen molar-refractivity contribution in [3.05, 3.63) is 11.1 Å². The van der Waals surface area contributed by atoms with E-state index in [9.17, 15) is 18.0 Å². The van der Waals surface area contributed by atoms with Gasteiger partial charge in [0.25, 0.3) is 0 Å². The first-order chi connectivity index (χ1) is 8.76. The first-order valence-electron chi connectivity index (χ1n) is 5.26. The van der Waals surface area contributed by atoms with Crippen molar-refractivity contribution in [1.29, 1.82) is 0 Å². The molecule has 0 aromatic carbocycles. The summed E-state index contributed by atoms with van der Waals surface area (Å²) in [4.78, 5) is 27.6. The number of anilines is 1. The fourth-order valence-corrected chi connectivity index (χ4v) is 3.60. The molecule has 10 heteroatoms. The third-order valence-corrected chi connectivity index (χ3v) is 4.41. The number of carbonyl (C=O) groups excluding carboxylic acids is 1. The van der Waals surface area contributed by atoms with Gasteiger partial charge < -0.3 is 5.11 Å². The number of carboxylic acid groups (broad SMARTS) is 1. The number of rotatable bonds is 4. The van der Waals surface area contributed by atoms with Crippen LogP contribution in [0.2, 0.25) is 0 Å². The Kier molecular flexibility index (Phi) is 3.56. The number of amides is 1. The standard InChI is InChI=1S/C9H11N3O5S2/c10-19(16,17)4-5-1-7(13)12(2-5)9-11-6(3-18-9)8(14)15/h3,5H,1-2,4H2,(H,14,15)(H2,10,16,17). The molecule has 1 fully saturated rings. The van der Waals surface area contributed by atoms with Crippen molar-refractivity contribution in [3.8, 4) is 0 Å². The fourth-order valence-electron chi connectivity index (χ4n) is 1.89. The second-order valence-corrected chi connectivity index (χ2v) is 6.72. The predicted octanol–water partition coefficient (Wildman–Crippen LogP) is -0.517. The van der Waals surface area contributed by atoms with E-state index in [0.29, 0.717) is 0 Å². The molecular formula is C9H11N3O5S2. The summed E-state index contributed by atoms with van der Waals surface area (Å²) in [6.45, 7) is 0.182. The molecule has 1 aromatic rings. The largest absolute Gasteiger partial charge is 0.476 e. The Hall–Kier alpha value is -1.52. The molecule has 3 N–H and O–H groups in total. The van der Waals surface area contributed by atoms with E-state index >= 15 is 0 Å². The van der Waals surface area contributed by atoms with Gasteiger partial charge in [-0.05, 0) is 0 Å². The van der Waals surface area contributed by atoms with Gasteiger partial charge in [-0.2, -0.15) is 0 Å². The van der Waals surface area contributed by atoms with E-state index in [1.165, 1.54) is 10.3 Å². The minimum absolute atomic E-state index is 0.0679. The highest BCUT2D eigenvalue weighted by Crippen LogP contribution is 2.28. The molecule has 0 radical (unpaired) electrons. The number of aromatic nitrogens is 1. The average Bonchev–Trinajstić information content (AvgIpc) is 2.82. The molecule has 104 valence electrons. The van der Waals surface area contributed by atoms with Crippen molar-refractivity contribution < 1.29 is 23.1 Å². The van der Waals surface area contributed by atoms with E-state index in [4.69, 9.17) is 10.2 Å². The number of thiazole rings is 1. The lowest BCUT2D eigenvalue weighted by molar-refractivity contribution is -0.117. The van der Waals surface area contributed by atoms with Crippen LogP contribution >= 0.6 is 11.3 Å². The van der Waals surface area contributed by atoms with Crippen molar-refractivity contribution in [2.24, 2.45) is 11.1 Å². The van der Waals surface area contributed by atoms with Crippen LogP contribution in [0.5, 0.6) is 0 Å². The van der Waals surface area contributed by atoms with Gasteiger partial charge in [-0.1, -0.05) is 0 Å². The molecule has 0 bridgehead atoms. The van der Waals surface area contributed by atoms with Crippen LogP contribution in [0.4, 0.5) is 5.13 Å². The van der Waals surface area contributed by atoms with Gasteiger partial charge >= 0.3 is 5.97 Å². The van der Waals surface area contributed by atoms with Crippen LogP contribution in [0.15, 0.2) is 5.38 Å². The number of sulfonamides is 1. The van der Waals surface area contributed by atoms with Gasteiger partial charge in [0.05, 0.1) is 5.75 Å². The highest BCUT2D eigenvalue weighted by molar-refractivity contribution is 7.89. The van der Waals surface area contributed by atoms with E-state index in [-0.39, 0.29) is 41.4 Å². The smallest absolute Gasteiger partial charge is 0.355 e. The topological polar surface area (TPSA) is 131 Å². The summed E-state index contributed by atoms with van der Waals surface area (Å²) in [6, 6.07) is 0. The van der Waals surface area contributed by atoms with Crippen LogP contribution in [0.3, 0.4) is 0 Å². The third kappa shape index (κ3) is 3.28. The number of nitrogens with zero attached hydrogens (tertiary/aromatic N) is 2. The van der Waals surface area contributed by atoms with E-state index < -0.39 is 16.0 Å². The van der Waals surface area contributed by atoms with Gasteiger partial charge in [0, 0.05) is 24.3 Å². The SMILES string of the molecule is NS(=O)(=O)CC1CC(=O)N(c2nc(C(=O)O)cs2)C1. The number of primary sulfonamides is 1. The molecule has 0 spiro atoms. The highest BCUT2D eigenvalue weighted by atomic mass is 32.2. The number of hydrogen-bond donors (Lipinski definition) is 2. The van der Waals surface area contributed by atoms with Crippen molar-refractivity contribution >= 4 is 38.4 Å². The minimum Gasteiger partial charge on any atom is -0.476 e. The van der Waals surface area contributed by atoms with E-state index in [1.54, 1.807) is 0 Å². The van der Waals surface area contributed by atoms with Gasteiger partial charge in [-0.3, -0.25) is 9.69 Å². The number of carbonyl (C=O) groups is 2. The van der Waals surface area contributed by atoms with Crippen LogP contribution < -0.4 is 10.0 Å². The summed E-state index contributed by atoms with van der Waals surface area (Å²) >= 11 is 1.03. The minimum atomic E-state index is -3.63. The Bertz CT molecular complexity index is 624. The van der Waals surface area contributed by atoms with Crippen LogP contribution in [-0.4, -0.2) is 42.7 Å². The van der Waals surface area contributed by atoms with Crippen molar-refractivity contribution in [1.82, 2.24) is 4.98 Å². The molecule has 1 aliphatic heterocycles. The molecule has 0 saturated carbocycles. The molecule has 1 unspecified atom stereocenters. The molecule has 1 aliphatic rings. The summed E-state index contributed by atoms with van der Waals surface area (Å²) in [5.74, 6) is -2.11. The maximum absolute atomic E-state index is 11.8. The second kappa shape index (κ2) is 4.87. The summed E-state index contributed by atoms with van der Waals surface area (Å²) in [7, 11) is -3.63. The monoisotopic (exact) mass is 305 g/mol. The molecule has 1 atom stereocenters. The fraction of sp³-hybridized carbons (Fsp3) is 0.444.